The fourth-order valence-corrected chi connectivity index (χ4v) is 3.36. The van der Waals surface area contributed by atoms with Crippen LogP contribution >= 0.6 is 0 Å². The molecule has 2 heterocycles. The van der Waals surface area contributed by atoms with Gasteiger partial charge >= 0.3 is 0 Å². The van der Waals surface area contributed by atoms with Gasteiger partial charge in [-0.1, -0.05) is 13.8 Å². The van der Waals surface area contributed by atoms with Crippen molar-refractivity contribution in [1.82, 2.24) is 10.2 Å². The first kappa shape index (κ1) is 9.47. The summed E-state index contributed by atoms with van der Waals surface area (Å²) in [7, 11) is 2.25. The minimum Gasteiger partial charge on any atom is -0.314 e. The number of piperidine rings is 1. The molecule has 13 heavy (non-hydrogen) atoms. The van der Waals surface area contributed by atoms with E-state index in [-0.39, 0.29) is 0 Å². The third kappa shape index (κ3) is 1.31. The summed E-state index contributed by atoms with van der Waals surface area (Å²) in [4.78, 5) is 2.49. The Balaban J connectivity index is 2.24. The molecule has 1 N–H and O–H groups in total. The first-order chi connectivity index (χ1) is 5.95. The standard InChI is InChI=1S/C11H22N2/c1-9-5-10(2)7-13(4)8-11(10,3)6-12-9/h9,12H,5-8H2,1-4H3. The third-order valence-electron chi connectivity index (χ3n) is 4.29. The summed E-state index contributed by atoms with van der Waals surface area (Å²) < 4.78 is 0. The van der Waals surface area contributed by atoms with Crippen molar-refractivity contribution in [3.05, 3.63) is 0 Å². The van der Waals surface area contributed by atoms with E-state index in [2.05, 4.69) is 38.0 Å². The topological polar surface area (TPSA) is 15.3 Å². The maximum absolute atomic E-state index is 3.61. The second-order valence-electron chi connectivity index (χ2n) is 5.78. The van der Waals surface area contributed by atoms with E-state index in [1.54, 1.807) is 0 Å². The number of nitrogens with one attached hydrogen (secondary N) is 1. The van der Waals surface area contributed by atoms with Crippen molar-refractivity contribution in [2.24, 2.45) is 10.8 Å². The van der Waals surface area contributed by atoms with Gasteiger partial charge in [0.15, 0.2) is 0 Å². The third-order valence-corrected chi connectivity index (χ3v) is 4.29. The molecule has 0 aliphatic carbocycles. The normalized spacial score (nSPS) is 52.2. The maximum Gasteiger partial charge on any atom is 0.00504 e. The summed E-state index contributed by atoms with van der Waals surface area (Å²) in [6, 6.07) is 0.699. The van der Waals surface area contributed by atoms with E-state index >= 15 is 0 Å². The van der Waals surface area contributed by atoms with E-state index < -0.39 is 0 Å². The number of hydrogen-bond donors (Lipinski definition) is 1. The second kappa shape index (κ2) is 2.71. The number of likely N-dealkylation sites (tertiary alicyclic amines) is 1. The summed E-state index contributed by atoms with van der Waals surface area (Å²) in [5, 5.41) is 3.61. The van der Waals surface area contributed by atoms with Gasteiger partial charge in [-0.25, -0.2) is 0 Å². The summed E-state index contributed by atoms with van der Waals surface area (Å²) in [5.41, 5.74) is 1.03. The van der Waals surface area contributed by atoms with Crippen molar-refractivity contribution in [3.63, 3.8) is 0 Å². The van der Waals surface area contributed by atoms with Crippen LogP contribution < -0.4 is 5.32 Å². The molecule has 0 amide bonds. The van der Waals surface area contributed by atoms with Crippen molar-refractivity contribution < 1.29 is 0 Å². The molecule has 3 unspecified atom stereocenters. The first-order valence-electron chi connectivity index (χ1n) is 5.37. The van der Waals surface area contributed by atoms with Gasteiger partial charge in [0.2, 0.25) is 0 Å². The van der Waals surface area contributed by atoms with Crippen LogP contribution in [-0.2, 0) is 0 Å². The Morgan fingerprint density at radius 2 is 1.85 bits per heavy atom. The minimum absolute atomic E-state index is 0.494. The molecular formula is C11H22N2. The van der Waals surface area contributed by atoms with Crippen LogP contribution in [0.4, 0.5) is 0 Å². The molecule has 2 nitrogen and oxygen atoms in total. The molecule has 2 saturated heterocycles. The highest BCUT2D eigenvalue weighted by Gasteiger charge is 2.53. The average molecular weight is 182 g/mol. The lowest BCUT2D eigenvalue weighted by Crippen LogP contribution is -2.53. The van der Waals surface area contributed by atoms with Gasteiger partial charge in [-0.2, -0.15) is 0 Å². The number of fused-ring (bicyclic) bond motifs is 1. The fourth-order valence-electron chi connectivity index (χ4n) is 3.36. The zero-order valence-corrected chi connectivity index (χ0v) is 9.35. The summed E-state index contributed by atoms with van der Waals surface area (Å²) in [5.74, 6) is 0. The van der Waals surface area contributed by atoms with Gasteiger partial charge in [0, 0.05) is 25.7 Å². The lowest BCUT2D eigenvalue weighted by atomic mass is 9.63. The lowest BCUT2D eigenvalue weighted by molar-refractivity contribution is 0.0669. The smallest absolute Gasteiger partial charge is 0.00504 e. The van der Waals surface area contributed by atoms with Crippen LogP contribution in [0, 0.1) is 10.8 Å². The van der Waals surface area contributed by atoms with Gasteiger partial charge < -0.3 is 10.2 Å². The van der Waals surface area contributed by atoms with E-state index in [0.717, 1.165) is 0 Å². The van der Waals surface area contributed by atoms with E-state index in [4.69, 9.17) is 0 Å². The molecule has 2 rings (SSSR count). The Hall–Kier alpha value is -0.0800. The summed E-state index contributed by atoms with van der Waals surface area (Å²) in [6.07, 6.45) is 1.33. The molecule has 2 aliphatic heterocycles. The Bertz CT molecular complexity index is 216. The second-order valence-corrected chi connectivity index (χ2v) is 5.78. The van der Waals surface area contributed by atoms with E-state index in [9.17, 15) is 0 Å². The SMILES string of the molecule is CC1CC2(C)CN(C)CC2(C)CN1. The molecule has 0 saturated carbocycles. The summed E-state index contributed by atoms with van der Waals surface area (Å²) >= 11 is 0. The quantitative estimate of drug-likeness (QED) is 0.608. The molecule has 2 fully saturated rings. The van der Waals surface area contributed by atoms with E-state index in [0.29, 0.717) is 16.9 Å². The lowest BCUT2D eigenvalue weighted by Gasteiger charge is -2.47. The molecule has 0 bridgehead atoms. The molecule has 0 radical (unpaired) electrons. The average Bonchev–Trinajstić information content (AvgIpc) is 2.19. The van der Waals surface area contributed by atoms with Crippen LogP contribution in [0.25, 0.3) is 0 Å². The van der Waals surface area contributed by atoms with Gasteiger partial charge in [0.25, 0.3) is 0 Å². The van der Waals surface area contributed by atoms with Crippen LogP contribution in [0.1, 0.15) is 27.2 Å². The molecule has 2 heteroatoms. The molecule has 0 aromatic heterocycles. The van der Waals surface area contributed by atoms with Gasteiger partial charge in [0.05, 0.1) is 0 Å². The molecule has 2 aliphatic rings. The van der Waals surface area contributed by atoms with Crippen molar-refractivity contribution in [2.45, 2.75) is 33.2 Å². The molecule has 0 spiro atoms. The van der Waals surface area contributed by atoms with Gasteiger partial charge in [-0.15, -0.1) is 0 Å². The van der Waals surface area contributed by atoms with Crippen LogP contribution in [0.2, 0.25) is 0 Å². The highest BCUT2D eigenvalue weighted by Crippen LogP contribution is 2.50. The van der Waals surface area contributed by atoms with Gasteiger partial charge in [0.1, 0.15) is 0 Å². The van der Waals surface area contributed by atoms with E-state index in [1.807, 2.05) is 0 Å². The van der Waals surface area contributed by atoms with Crippen molar-refractivity contribution >= 4 is 0 Å². The van der Waals surface area contributed by atoms with Crippen molar-refractivity contribution in [3.8, 4) is 0 Å². The van der Waals surface area contributed by atoms with Gasteiger partial charge in [-0.05, 0) is 31.2 Å². The Morgan fingerprint density at radius 1 is 1.23 bits per heavy atom. The number of nitrogens with zero attached hydrogens (tertiary/aromatic N) is 1. The van der Waals surface area contributed by atoms with Crippen LogP contribution in [0.3, 0.4) is 0 Å². The minimum atomic E-state index is 0.494. The highest BCUT2D eigenvalue weighted by atomic mass is 15.2. The number of rotatable bonds is 0. The maximum atomic E-state index is 3.61. The molecule has 0 aromatic rings. The van der Waals surface area contributed by atoms with E-state index in [1.165, 1.54) is 26.1 Å². The largest absolute Gasteiger partial charge is 0.314 e. The predicted molar refractivity (Wildman–Crippen MR) is 55.8 cm³/mol. The first-order valence-corrected chi connectivity index (χ1v) is 5.37. The molecule has 0 aromatic carbocycles. The predicted octanol–water partition coefficient (Wildman–Crippen LogP) is 1.33. The Morgan fingerprint density at radius 3 is 2.54 bits per heavy atom. The molecular weight excluding hydrogens is 160 g/mol. The zero-order chi connectivity index (χ0) is 9.69. The Kier molecular flexibility index (Phi) is 1.97. The summed E-state index contributed by atoms with van der Waals surface area (Å²) in [6.45, 7) is 10.9. The molecule has 76 valence electrons. The Labute approximate surface area is 81.7 Å². The van der Waals surface area contributed by atoms with Crippen molar-refractivity contribution in [2.75, 3.05) is 26.7 Å². The molecule has 3 atom stereocenters. The van der Waals surface area contributed by atoms with Crippen LogP contribution in [0.5, 0.6) is 0 Å². The zero-order valence-electron chi connectivity index (χ0n) is 9.35. The highest BCUT2D eigenvalue weighted by molar-refractivity contribution is 5.06. The number of hydrogen-bond acceptors (Lipinski definition) is 2. The fraction of sp³-hybridized carbons (Fsp3) is 1.00. The van der Waals surface area contributed by atoms with Gasteiger partial charge in [-0.3, -0.25) is 0 Å². The van der Waals surface area contributed by atoms with Crippen LogP contribution in [0.15, 0.2) is 0 Å². The monoisotopic (exact) mass is 182 g/mol. The van der Waals surface area contributed by atoms with Crippen LogP contribution in [-0.4, -0.2) is 37.6 Å². The van der Waals surface area contributed by atoms with Crippen molar-refractivity contribution in [1.29, 1.82) is 0 Å².